The van der Waals surface area contributed by atoms with Crippen molar-refractivity contribution in [1.29, 1.82) is 0 Å². The summed E-state index contributed by atoms with van der Waals surface area (Å²) in [5, 5.41) is 7.32. The van der Waals surface area contributed by atoms with E-state index < -0.39 is 0 Å². The van der Waals surface area contributed by atoms with E-state index >= 15 is 0 Å². The number of rotatable bonds is 6. The highest BCUT2D eigenvalue weighted by Gasteiger charge is 2.20. The summed E-state index contributed by atoms with van der Waals surface area (Å²) in [4.78, 5) is 2.40. The van der Waals surface area contributed by atoms with Gasteiger partial charge in [-0.2, -0.15) is 0 Å². The molecule has 0 aliphatic carbocycles. The number of aromatic nitrogens is 1. The first-order valence-electron chi connectivity index (χ1n) is 19.7. The maximum atomic E-state index is 6.25. The summed E-state index contributed by atoms with van der Waals surface area (Å²) < 4.78 is 11.2. The van der Waals surface area contributed by atoms with Gasteiger partial charge in [-0.3, -0.25) is 0 Å². The maximum absolute atomic E-state index is 6.25. The number of benzene rings is 9. The van der Waals surface area contributed by atoms with Crippen molar-refractivity contribution in [2.24, 2.45) is 0 Å². The molecule has 0 atom stereocenters. The van der Waals surface area contributed by atoms with Crippen LogP contribution in [0.4, 0.5) is 17.1 Å². The molecule has 0 amide bonds. The summed E-state index contributed by atoms with van der Waals surface area (Å²) in [5.41, 5.74) is 13.5. The standard InChI is InChI=1S/C54H34N2OS/c1-6-18-47(56-48-19-7-2-13-41(48)42-14-3-8-20-49(42)56)40(12-1)37-26-24-35(25-27-37)36-28-30-38(31-29-36)55(39-32-33-52-46(34-39)43-15-4-9-22-51(43)57-52)50-21-11-17-45-44-16-5-10-23-53(44)58-54(45)50/h1-34H. The van der Waals surface area contributed by atoms with E-state index in [1.54, 1.807) is 0 Å². The van der Waals surface area contributed by atoms with E-state index in [4.69, 9.17) is 4.42 Å². The monoisotopic (exact) mass is 758 g/mol. The maximum Gasteiger partial charge on any atom is 0.135 e. The minimum absolute atomic E-state index is 0.890. The minimum Gasteiger partial charge on any atom is -0.456 e. The van der Waals surface area contributed by atoms with Gasteiger partial charge in [-0.25, -0.2) is 0 Å². The lowest BCUT2D eigenvalue weighted by atomic mass is 9.98. The van der Waals surface area contributed by atoms with Crippen molar-refractivity contribution in [3.63, 3.8) is 0 Å². The van der Waals surface area contributed by atoms with E-state index in [9.17, 15) is 0 Å². The van der Waals surface area contributed by atoms with Crippen LogP contribution in [0.3, 0.4) is 0 Å². The van der Waals surface area contributed by atoms with E-state index in [1.807, 2.05) is 23.5 Å². The van der Waals surface area contributed by atoms with Crippen molar-refractivity contribution in [1.82, 2.24) is 4.57 Å². The summed E-state index contributed by atoms with van der Waals surface area (Å²) in [6.45, 7) is 0. The Balaban J connectivity index is 0.945. The zero-order valence-electron chi connectivity index (χ0n) is 31.3. The molecule has 0 spiro atoms. The van der Waals surface area contributed by atoms with Crippen LogP contribution in [-0.4, -0.2) is 4.57 Å². The molecule has 272 valence electrons. The quantitative estimate of drug-likeness (QED) is 0.168. The van der Waals surface area contributed by atoms with E-state index in [-0.39, 0.29) is 0 Å². The van der Waals surface area contributed by atoms with Gasteiger partial charge < -0.3 is 13.9 Å². The summed E-state index contributed by atoms with van der Waals surface area (Å²) in [5.74, 6) is 0. The number of para-hydroxylation sites is 4. The lowest BCUT2D eigenvalue weighted by Crippen LogP contribution is -2.10. The predicted octanol–water partition coefficient (Wildman–Crippen LogP) is 15.9. The zero-order chi connectivity index (χ0) is 38.2. The first-order valence-corrected chi connectivity index (χ1v) is 20.5. The van der Waals surface area contributed by atoms with Gasteiger partial charge in [-0.15, -0.1) is 11.3 Å². The Labute approximate surface area is 338 Å². The topological polar surface area (TPSA) is 21.3 Å². The molecule has 9 aromatic carbocycles. The molecule has 0 bridgehead atoms. The summed E-state index contributed by atoms with van der Waals surface area (Å²) in [6.07, 6.45) is 0. The third-order valence-corrected chi connectivity index (χ3v) is 12.8. The molecule has 0 saturated carbocycles. The van der Waals surface area contributed by atoms with Crippen LogP contribution in [0.25, 0.3) is 91.9 Å². The molecule has 0 fully saturated rings. The van der Waals surface area contributed by atoms with Crippen molar-refractivity contribution in [3.05, 3.63) is 206 Å². The molecule has 58 heavy (non-hydrogen) atoms. The molecule has 12 aromatic rings. The van der Waals surface area contributed by atoms with Gasteiger partial charge in [0.15, 0.2) is 0 Å². The van der Waals surface area contributed by atoms with Gasteiger partial charge in [0.25, 0.3) is 0 Å². The van der Waals surface area contributed by atoms with Crippen LogP contribution in [0.15, 0.2) is 211 Å². The highest BCUT2D eigenvalue weighted by Crippen LogP contribution is 2.46. The Morgan fingerprint density at radius 1 is 0.397 bits per heavy atom. The first kappa shape index (κ1) is 32.8. The van der Waals surface area contributed by atoms with Crippen molar-refractivity contribution < 1.29 is 4.42 Å². The number of fused-ring (bicyclic) bond motifs is 9. The fourth-order valence-corrected chi connectivity index (χ4v) is 10.1. The molecule has 3 nitrogen and oxygen atoms in total. The van der Waals surface area contributed by atoms with Crippen molar-refractivity contribution in [2.75, 3.05) is 4.90 Å². The number of nitrogens with zero attached hydrogens (tertiary/aromatic N) is 2. The Morgan fingerprint density at radius 2 is 0.966 bits per heavy atom. The highest BCUT2D eigenvalue weighted by atomic mass is 32.1. The van der Waals surface area contributed by atoms with Gasteiger partial charge in [-0.05, 0) is 83.4 Å². The Hall–Kier alpha value is -7.40. The van der Waals surface area contributed by atoms with Crippen LogP contribution in [0.1, 0.15) is 0 Å². The van der Waals surface area contributed by atoms with Crippen LogP contribution < -0.4 is 4.90 Å². The predicted molar refractivity (Wildman–Crippen MR) is 247 cm³/mol. The fourth-order valence-electron chi connectivity index (χ4n) is 8.93. The molecule has 0 aliphatic heterocycles. The summed E-state index contributed by atoms with van der Waals surface area (Å²) >= 11 is 1.85. The average Bonchev–Trinajstić information content (AvgIpc) is 3.97. The molecule has 0 N–H and O–H groups in total. The van der Waals surface area contributed by atoms with Gasteiger partial charge in [0.1, 0.15) is 11.2 Å². The van der Waals surface area contributed by atoms with Gasteiger partial charge in [0.05, 0.1) is 27.1 Å². The van der Waals surface area contributed by atoms with Crippen LogP contribution >= 0.6 is 11.3 Å². The number of anilines is 3. The van der Waals surface area contributed by atoms with Crippen molar-refractivity contribution >= 4 is 92.3 Å². The number of furan rings is 1. The van der Waals surface area contributed by atoms with E-state index in [1.165, 1.54) is 69.9 Å². The van der Waals surface area contributed by atoms with Gasteiger partial charge in [0.2, 0.25) is 0 Å². The van der Waals surface area contributed by atoms with Crippen molar-refractivity contribution in [3.8, 4) is 27.9 Å². The minimum atomic E-state index is 0.890. The van der Waals surface area contributed by atoms with Gasteiger partial charge in [0, 0.05) is 54.0 Å². The second-order valence-electron chi connectivity index (χ2n) is 14.9. The Kier molecular flexibility index (Phi) is 7.40. The van der Waals surface area contributed by atoms with Gasteiger partial charge in [-0.1, -0.05) is 140 Å². The Morgan fingerprint density at radius 3 is 1.74 bits per heavy atom. The third-order valence-electron chi connectivity index (χ3n) is 11.6. The molecule has 0 unspecified atom stereocenters. The van der Waals surface area contributed by atoms with E-state index in [2.05, 4.69) is 204 Å². The third kappa shape index (κ3) is 5.12. The molecule has 0 radical (unpaired) electrons. The normalized spacial score (nSPS) is 11.8. The molecule has 0 aliphatic rings. The molecule has 0 saturated heterocycles. The SMILES string of the molecule is c1ccc(-n2c3ccccc3c3ccccc32)c(-c2ccc(-c3ccc(N(c4ccc5oc6ccccc6c5c4)c4cccc5c4sc4ccccc45)cc3)cc2)c1. The average molecular weight is 759 g/mol. The van der Waals surface area contributed by atoms with Crippen LogP contribution in [0.5, 0.6) is 0 Å². The van der Waals surface area contributed by atoms with E-state index in [0.717, 1.165) is 39.0 Å². The molecular weight excluding hydrogens is 725 g/mol. The van der Waals surface area contributed by atoms with Crippen LogP contribution in [-0.2, 0) is 0 Å². The highest BCUT2D eigenvalue weighted by molar-refractivity contribution is 7.26. The van der Waals surface area contributed by atoms with Gasteiger partial charge >= 0.3 is 0 Å². The molecule has 4 heteroatoms. The molecule has 3 heterocycles. The molecule has 12 rings (SSSR count). The fraction of sp³-hybridized carbons (Fsp3) is 0. The van der Waals surface area contributed by atoms with E-state index in [0.29, 0.717) is 0 Å². The molecular formula is C54H34N2OS. The lowest BCUT2D eigenvalue weighted by molar-refractivity contribution is 0.669. The number of thiophene rings is 1. The number of hydrogen-bond acceptors (Lipinski definition) is 3. The second kappa shape index (κ2) is 13.1. The first-order chi connectivity index (χ1) is 28.8. The number of hydrogen-bond donors (Lipinski definition) is 0. The lowest BCUT2D eigenvalue weighted by Gasteiger charge is -2.26. The Bertz CT molecular complexity index is 3460. The molecule has 3 aromatic heterocycles. The smallest absolute Gasteiger partial charge is 0.135 e. The van der Waals surface area contributed by atoms with Crippen molar-refractivity contribution in [2.45, 2.75) is 0 Å². The largest absolute Gasteiger partial charge is 0.456 e. The van der Waals surface area contributed by atoms with Crippen LogP contribution in [0.2, 0.25) is 0 Å². The van der Waals surface area contributed by atoms with Crippen LogP contribution in [0, 0.1) is 0 Å². The second-order valence-corrected chi connectivity index (χ2v) is 15.9. The zero-order valence-corrected chi connectivity index (χ0v) is 32.2. The summed E-state index contributed by atoms with van der Waals surface area (Å²) in [6, 6.07) is 74.4. The summed E-state index contributed by atoms with van der Waals surface area (Å²) in [7, 11) is 0.